The molecule has 0 radical (unpaired) electrons. The molecule has 0 atom stereocenters. The van der Waals surface area contributed by atoms with E-state index in [0.717, 1.165) is 0 Å². The summed E-state index contributed by atoms with van der Waals surface area (Å²) in [6, 6.07) is 9.94. The minimum Gasteiger partial charge on any atom is -0.493 e. The van der Waals surface area contributed by atoms with Crippen LogP contribution in [0.4, 0.5) is 0 Å². The van der Waals surface area contributed by atoms with Gasteiger partial charge in [-0.1, -0.05) is 29.3 Å². The third-order valence-corrected chi connectivity index (χ3v) is 4.33. The molecule has 0 bridgehead atoms. The van der Waals surface area contributed by atoms with E-state index >= 15 is 0 Å². The second-order valence-corrected chi connectivity index (χ2v) is 6.59. The first-order valence-corrected chi connectivity index (χ1v) is 9.02. The van der Waals surface area contributed by atoms with Gasteiger partial charge in [-0.25, -0.2) is 14.6 Å². The van der Waals surface area contributed by atoms with Gasteiger partial charge in [-0.3, -0.25) is 0 Å². The van der Waals surface area contributed by atoms with Crippen LogP contribution in [0.25, 0.3) is 6.08 Å². The van der Waals surface area contributed by atoms with Crippen LogP contribution in [-0.2, 0) is 19.1 Å². The Morgan fingerprint density at radius 1 is 1.21 bits per heavy atom. The van der Waals surface area contributed by atoms with Crippen LogP contribution in [0.3, 0.4) is 0 Å². The molecule has 2 aromatic rings. The average Bonchev–Trinajstić information content (AvgIpc) is 3.06. The lowest BCUT2D eigenvalue weighted by Gasteiger charge is -2.12. The molecule has 0 spiro atoms. The van der Waals surface area contributed by atoms with Crippen molar-refractivity contribution in [1.29, 1.82) is 0 Å². The Morgan fingerprint density at radius 2 is 2.00 bits per heavy atom. The molecule has 29 heavy (non-hydrogen) atoms. The van der Waals surface area contributed by atoms with Gasteiger partial charge in [0.05, 0.1) is 19.2 Å². The summed E-state index contributed by atoms with van der Waals surface area (Å²) in [7, 11) is 2.67. The number of halogens is 2. The van der Waals surface area contributed by atoms with E-state index in [-0.39, 0.29) is 34.7 Å². The number of cyclic esters (lactones) is 1. The first kappa shape index (κ1) is 20.7. The van der Waals surface area contributed by atoms with Crippen molar-refractivity contribution < 1.29 is 28.5 Å². The summed E-state index contributed by atoms with van der Waals surface area (Å²) < 4.78 is 20.4. The van der Waals surface area contributed by atoms with Gasteiger partial charge in [-0.05, 0) is 42.0 Å². The van der Waals surface area contributed by atoms with Gasteiger partial charge in [0.15, 0.2) is 23.8 Å². The highest BCUT2D eigenvalue weighted by Crippen LogP contribution is 2.37. The summed E-state index contributed by atoms with van der Waals surface area (Å²) in [5, 5.41) is 0.684. The Balaban J connectivity index is 1.90. The molecule has 0 saturated carbocycles. The van der Waals surface area contributed by atoms with Crippen molar-refractivity contribution in [2.45, 2.75) is 0 Å². The van der Waals surface area contributed by atoms with Crippen molar-refractivity contribution in [3.05, 3.63) is 63.3 Å². The lowest BCUT2D eigenvalue weighted by molar-refractivity contribution is -0.143. The fourth-order valence-corrected chi connectivity index (χ4v) is 2.93. The van der Waals surface area contributed by atoms with Gasteiger partial charge >= 0.3 is 11.9 Å². The summed E-state index contributed by atoms with van der Waals surface area (Å²) >= 11 is 12.2. The Bertz CT molecular complexity index is 1030. The van der Waals surface area contributed by atoms with Crippen LogP contribution in [0, 0.1) is 0 Å². The van der Waals surface area contributed by atoms with Gasteiger partial charge in [0.25, 0.3) is 0 Å². The van der Waals surface area contributed by atoms with Crippen LogP contribution in [0.5, 0.6) is 11.5 Å². The molecule has 0 aromatic heterocycles. The van der Waals surface area contributed by atoms with Gasteiger partial charge in [0.1, 0.15) is 0 Å². The zero-order valence-corrected chi connectivity index (χ0v) is 16.9. The molecule has 0 aliphatic carbocycles. The second-order valence-electron chi connectivity index (χ2n) is 5.75. The summed E-state index contributed by atoms with van der Waals surface area (Å²) in [5.41, 5.74) is 1.19. The van der Waals surface area contributed by atoms with E-state index in [1.807, 2.05) is 0 Å². The maximum Gasteiger partial charge on any atom is 0.363 e. The summed E-state index contributed by atoms with van der Waals surface area (Å²) in [6.45, 7) is -0.327. The Morgan fingerprint density at radius 3 is 2.69 bits per heavy atom. The van der Waals surface area contributed by atoms with Gasteiger partial charge in [-0.2, -0.15) is 0 Å². The highest BCUT2D eigenvalue weighted by molar-refractivity contribution is 6.32. The zero-order chi connectivity index (χ0) is 21.0. The molecule has 0 unspecified atom stereocenters. The number of hydrogen-bond donors (Lipinski definition) is 0. The molecule has 0 fully saturated rings. The van der Waals surface area contributed by atoms with Gasteiger partial charge < -0.3 is 18.9 Å². The van der Waals surface area contributed by atoms with E-state index in [2.05, 4.69) is 9.73 Å². The third-order valence-electron chi connectivity index (χ3n) is 3.81. The van der Waals surface area contributed by atoms with Crippen molar-refractivity contribution in [1.82, 2.24) is 0 Å². The molecule has 7 nitrogen and oxygen atoms in total. The first-order valence-electron chi connectivity index (χ1n) is 8.27. The normalized spacial score (nSPS) is 14.4. The number of esters is 2. The van der Waals surface area contributed by atoms with E-state index in [1.165, 1.54) is 20.3 Å². The Labute approximate surface area is 176 Å². The number of methoxy groups -OCH3 is 2. The molecular weight excluding hydrogens is 421 g/mol. The van der Waals surface area contributed by atoms with Crippen LogP contribution in [-0.4, -0.2) is 38.7 Å². The van der Waals surface area contributed by atoms with Gasteiger partial charge in [0.2, 0.25) is 5.90 Å². The highest BCUT2D eigenvalue weighted by Gasteiger charge is 2.24. The number of ether oxygens (including phenoxy) is 4. The lowest BCUT2D eigenvalue weighted by Crippen LogP contribution is -2.13. The predicted molar refractivity (Wildman–Crippen MR) is 108 cm³/mol. The summed E-state index contributed by atoms with van der Waals surface area (Å²) in [6.07, 6.45) is 1.50. The first-order chi connectivity index (χ1) is 13.9. The molecule has 9 heteroatoms. The summed E-state index contributed by atoms with van der Waals surface area (Å²) in [5.74, 6) is -0.565. The smallest absolute Gasteiger partial charge is 0.363 e. The number of nitrogens with zero attached hydrogens (tertiary/aromatic N) is 1. The highest BCUT2D eigenvalue weighted by atomic mass is 35.5. The molecule has 1 aliphatic rings. The fourth-order valence-electron chi connectivity index (χ4n) is 2.47. The number of carbonyl (C=O) groups excluding carboxylic acids is 2. The van der Waals surface area contributed by atoms with Crippen LogP contribution in [0.15, 0.2) is 47.1 Å². The molecular formula is C20H15Cl2NO6. The monoisotopic (exact) mass is 435 g/mol. The predicted octanol–water partition coefficient (Wildman–Crippen LogP) is 3.90. The van der Waals surface area contributed by atoms with Crippen molar-refractivity contribution in [3.8, 4) is 11.5 Å². The number of benzene rings is 2. The van der Waals surface area contributed by atoms with E-state index in [4.69, 9.17) is 37.4 Å². The Hall–Kier alpha value is -3.03. The SMILES string of the molecule is COC(=O)COc1c(Cl)cc(/C=C2/N=C(c3cccc(Cl)c3)OC2=O)cc1OC. The molecule has 1 aliphatic heterocycles. The lowest BCUT2D eigenvalue weighted by atomic mass is 10.1. The number of aliphatic imine (C=N–C) groups is 1. The quantitative estimate of drug-likeness (QED) is 0.505. The largest absolute Gasteiger partial charge is 0.493 e. The molecule has 1 heterocycles. The van der Waals surface area contributed by atoms with Crippen molar-refractivity contribution in [2.24, 2.45) is 4.99 Å². The van der Waals surface area contributed by atoms with Crippen molar-refractivity contribution >= 4 is 47.1 Å². The molecule has 150 valence electrons. The van der Waals surface area contributed by atoms with E-state index in [9.17, 15) is 9.59 Å². The maximum absolute atomic E-state index is 12.2. The van der Waals surface area contributed by atoms with E-state index < -0.39 is 11.9 Å². The molecule has 0 amide bonds. The van der Waals surface area contributed by atoms with Gasteiger partial charge in [0, 0.05) is 10.6 Å². The number of hydrogen-bond acceptors (Lipinski definition) is 7. The summed E-state index contributed by atoms with van der Waals surface area (Å²) in [4.78, 5) is 27.7. The zero-order valence-electron chi connectivity index (χ0n) is 15.4. The molecule has 0 N–H and O–H groups in total. The van der Waals surface area contributed by atoms with E-state index in [1.54, 1.807) is 36.4 Å². The van der Waals surface area contributed by atoms with Crippen LogP contribution in [0.1, 0.15) is 11.1 Å². The van der Waals surface area contributed by atoms with Crippen molar-refractivity contribution in [2.75, 3.05) is 20.8 Å². The standard InChI is InChI=1S/C20H15Cl2NO6/c1-26-16-8-11(6-14(22)18(16)28-10-17(24)27-2)7-15-20(25)29-19(23-15)12-4-3-5-13(21)9-12/h3-9H,10H2,1-2H3/b15-7+. The Kier molecular flexibility index (Phi) is 6.41. The molecule has 0 saturated heterocycles. The third kappa shape index (κ3) is 4.88. The van der Waals surface area contributed by atoms with Crippen molar-refractivity contribution in [3.63, 3.8) is 0 Å². The van der Waals surface area contributed by atoms with E-state index in [0.29, 0.717) is 16.1 Å². The van der Waals surface area contributed by atoms with Gasteiger partial charge in [-0.15, -0.1) is 0 Å². The second kappa shape index (κ2) is 8.98. The van der Waals surface area contributed by atoms with Crippen LogP contribution in [0.2, 0.25) is 10.0 Å². The van der Waals surface area contributed by atoms with Crippen LogP contribution >= 0.6 is 23.2 Å². The molecule has 3 rings (SSSR count). The average molecular weight is 436 g/mol. The minimum absolute atomic E-state index is 0.0846. The topological polar surface area (TPSA) is 83.4 Å². The molecule has 2 aromatic carbocycles. The maximum atomic E-state index is 12.2. The number of rotatable bonds is 6. The number of carbonyl (C=O) groups is 2. The fraction of sp³-hybridized carbons (Fsp3) is 0.150. The van der Waals surface area contributed by atoms with Crippen LogP contribution < -0.4 is 9.47 Å². The minimum atomic E-state index is -0.610.